The van der Waals surface area contributed by atoms with Crippen molar-refractivity contribution in [2.24, 2.45) is 11.7 Å². The summed E-state index contributed by atoms with van der Waals surface area (Å²) in [5.74, 6) is 1.15. The standard InChI is InChI=1S/C12H20N2/c1-3-10(2)8-11(9-13)12-6-4-5-7-14-12/h4-7,10-11H,3,8-9,13H2,1-2H3/t10-,11-/m0/s1. The van der Waals surface area contributed by atoms with E-state index in [0.29, 0.717) is 12.5 Å². The van der Waals surface area contributed by atoms with E-state index in [-0.39, 0.29) is 0 Å². The van der Waals surface area contributed by atoms with E-state index < -0.39 is 0 Å². The Morgan fingerprint density at radius 3 is 2.71 bits per heavy atom. The molecule has 0 amide bonds. The van der Waals surface area contributed by atoms with Crippen molar-refractivity contribution in [3.63, 3.8) is 0 Å². The smallest absolute Gasteiger partial charge is 0.0447 e. The van der Waals surface area contributed by atoms with Crippen molar-refractivity contribution < 1.29 is 0 Å². The van der Waals surface area contributed by atoms with Crippen LogP contribution in [-0.4, -0.2) is 11.5 Å². The number of pyridine rings is 1. The lowest BCUT2D eigenvalue weighted by Crippen LogP contribution is -2.16. The van der Waals surface area contributed by atoms with Gasteiger partial charge in [-0.2, -0.15) is 0 Å². The van der Waals surface area contributed by atoms with Gasteiger partial charge in [-0.15, -0.1) is 0 Å². The van der Waals surface area contributed by atoms with E-state index in [4.69, 9.17) is 5.73 Å². The van der Waals surface area contributed by atoms with Gasteiger partial charge in [0, 0.05) is 24.4 Å². The number of aromatic nitrogens is 1. The van der Waals surface area contributed by atoms with Gasteiger partial charge in [-0.25, -0.2) is 0 Å². The Hall–Kier alpha value is -0.890. The molecule has 1 heterocycles. The average molecular weight is 192 g/mol. The molecule has 1 aromatic heterocycles. The molecular formula is C12H20N2. The van der Waals surface area contributed by atoms with Gasteiger partial charge in [0.1, 0.15) is 0 Å². The largest absolute Gasteiger partial charge is 0.330 e. The minimum absolute atomic E-state index is 0.422. The maximum atomic E-state index is 5.77. The lowest BCUT2D eigenvalue weighted by Gasteiger charge is -2.17. The Morgan fingerprint density at radius 2 is 2.21 bits per heavy atom. The maximum absolute atomic E-state index is 5.77. The van der Waals surface area contributed by atoms with Crippen LogP contribution in [0.3, 0.4) is 0 Å². The van der Waals surface area contributed by atoms with Gasteiger partial charge in [0.05, 0.1) is 0 Å². The zero-order chi connectivity index (χ0) is 10.4. The Kier molecular flexibility index (Phi) is 4.60. The summed E-state index contributed by atoms with van der Waals surface area (Å²) >= 11 is 0. The van der Waals surface area contributed by atoms with E-state index in [9.17, 15) is 0 Å². The van der Waals surface area contributed by atoms with Gasteiger partial charge in [0.2, 0.25) is 0 Å². The molecule has 0 saturated heterocycles. The van der Waals surface area contributed by atoms with E-state index in [1.54, 1.807) is 0 Å². The Bertz CT molecular complexity index is 246. The van der Waals surface area contributed by atoms with Crippen molar-refractivity contribution in [2.75, 3.05) is 6.54 Å². The van der Waals surface area contributed by atoms with Gasteiger partial charge in [-0.3, -0.25) is 4.98 Å². The summed E-state index contributed by atoms with van der Waals surface area (Å²) in [6.07, 6.45) is 4.20. The highest BCUT2D eigenvalue weighted by molar-refractivity contribution is 5.09. The first-order chi connectivity index (χ1) is 6.77. The zero-order valence-electron chi connectivity index (χ0n) is 9.11. The Labute approximate surface area is 86.5 Å². The maximum Gasteiger partial charge on any atom is 0.0447 e. The molecule has 0 bridgehead atoms. The Morgan fingerprint density at radius 1 is 1.43 bits per heavy atom. The van der Waals surface area contributed by atoms with Gasteiger partial charge in [0.15, 0.2) is 0 Å². The van der Waals surface area contributed by atoms with Crippen LogP contribution in [-0.2, 0) is 0 Å². The first-order valence-corrected chi connectivity index (χ1v) is 5.38. The van der Waals surface area contributed by atoms with E-state index in [1.165, 1.54) is 6.42 Å². The van der Waals surface area contributed by atoms with E-state index in [0.717, 1.165) is 18.0 Å². The lowest BCUT2D eigenvalue weighted by molar-refractivity contribution is 0.453. The van der Waals surface area contributed by atoms with E-state index >= 15 is 0 Å². The summed E-state index contributed by atoms with van der Waals surface area (Å²) in [4.78, 5) is 4.36. The second kappa shape index (κ2) is 5.76. The van der Waals surface area contributed by atoms with E-state index in [1.807, 2.05) is 18.3 Å². The molecule has 2 atom stereocenters. The van der Waals surface area contributed by atoms with Crippen LogP contribution in [0, 0.1) is 5.92 Å². The first kappa shape index (κ1) is 11.2. The molecule has 0 spiro atoms. The molecule has 0 saturated carbocycles. The number of nitrogens with two attached hydrogens (primary N) is 1. The van der Waals surface area contributed by atoms with Crippen LogP contribution in [0.1, 0.15) is 38.3 Å². The van der Waals surface area contributed by atoms with Crippen LogP contribution >= 0.6 is 0 Å². The molecule has 2 heteroatoms. The molecule has 2 nitrogen and oxygen atoms in total. The van der Waals surface area contributed by atoms with Crippen molar-refractivity contribution in [1.29, 1.82) is 0 Å². The molecule has 0 radical (unpaired) electrons. The molecule has 0 fully saturated rings. The average Bonchev–Trinajstić information content (AvgIpc) is 2.26. The number of hydrogen-bond acceptors (Lipinski definition) is 2. The zero-order valence-corrected chi connectivity index (χ0v) is 9.11. The molecule has 0 aromatic carbocycles. The molecule has 0 aliphatic rings. The third-order valence-electron chi connectivity index (χ3n) is 2.77. The number of nitrogens with zero attached hydrogens (tertiary/aromatic N) is 1. The third kappa shape index (κ3) is 3.11. The quantitative estimate of drug-likeness (QED) is 0.778. The summed E-state index contributed by atoms with van der Waals surface area (Å²) in [6, 6.07) is 6.04. The highest BCUT2D eigenvalue weighted by atomic mass is 14.7. The fourth-order valence-electron chi connectivity index (χ4n) is 1.61. The van der Waals surface area contributed by atoms with Gasteiger partial charge in [-0.05, 0) is 24.5 Å². The van der Waals surface area contributed by atoms with Gasteiger partial charge < -0.3 is 5.73 Å². The van der Waals surface area contributed by atoms with Crippen LogP contribution in [0.15, 0.2) is 24.4 Å². The van der Waals surface area contributed by atoms with Crippen molar-refractivity contribution in [3.8, 4) is 0 Å². The van der Waals surface area contributed by atoms with Crippen LogP contribution in [0.25, 0.3) is 0 Å². The molecule has 2 N–H and O–H groups in total. The molecular weight excluding hydrogens is 172 g/mol. The fourth-order valence-corrected chi connectivity index (χ4v) is 1.61. The Balaban J connectivity index is 2.63. The second-order valence-corrected chi connectivity index (χ2v) is 3.94. The molecule has 1 aromatic rings. The van der Waals surface area contributed by atoms with Crippen LogP contribution < -0.4 is 5.73 Å². The van der Waals surface area contributed by atoms with Gasteiger partial charge in [-0.1, -0.05) is 26.3 Å². The van der Waals surface area contributed by atoms with Gasteiger partial charge >= 0.3 is 0 Å². The SMILES string of the molecule is CC[C@H](C)C[C@@H](CN)c1ccccn1. The minimum Gasteiger partial charge on any atom is -0.330 e. The third-order valence-corrected chi connectivity index (χ3v) is 2.77. The summed E-state index contributed by atoms with van der Waals surface area (Å²) < 4.78 is 0. The highest BCUT2D eigenvalue weighted by Crippen LogP contribution is 2.22. The van der Waals surface area contributed by atoms with Gasteiger partial charge in [0.25, 0.3) is 0 Å². The van der Waals surface area contributed by atoms with Crippen molar-refractivity contribution in [2.45, 2.75) is 32.6 Å². The normalized spacial score (nSPS) is 15.1. The molecule has 78 valence electrons. The number of rotatable bonds is 5. The summed E-state index contributed by atoms with van der Waals surface area (Å²) in [7, 11) is 0. The van der Waals surface area contributed by atoms with Crippen molar-refractivity contribution >= 4 is 0 Å². The molecule has 0 unspecified atom stereocenters. The predicted octanol–water partition coefficient (Wildman–Crippen LogP) is 2.56. The lowest BCUT2D eigenvalue weighted by atomic mass is 9.91. The molecule has 0 aliphatic heterocycles. The van der Waals surface area contributed by atoms with E-state index in [2.05, 4.69) is 24.9 Å². The molecule has 0 aliphatic carbocycles. The highest BCUT2D eigenvalue weighted by Gasteiger charge is 2.13. The first-order valence-electron chi connectivity index (χ1n) is 5.38. The summed E-state index contributed by atoms with van der Waals surface area (Å²) in [5, 5.41) is 0. The second-order valence-electron chi connectivity index (χ2n) is 3.94. The molecule has 1 rings (SSSR count). The topological polar surface area (TPSA) is 38.9 Å². The summed E-state index contributed by atoms with van der Waals surface area (Å²) in [5.41, 5.74) is 6.90. The van der Waals surface area contributed by atoms with Crippen LogP contribution in [0.4, 0.5) is 0 Å². The van der Waals surface area contributed by atoms with Crippen LogP contribution in [0.2, 0.25) is 0 Å². The van der Waals surface area contributed by atoms with Crippen LogP contribution in [0.5, 0.6) is 0 Å². The van der Waals surface area contributed by atoms with Crippen molar-refractivity contribution in [1.82, 2.24) is 4.98 Å². The predicted molar refractivity (Wildman–Crippen MR) is 60.1 cm³/mol. The van der Waals surface area contributed by atoms with Crippen molar-refractivity contribution in [3.05, 3.63) is 30.1 Å². The number of hydrogen-bond donors (Lipinski definition) is 1. The molecule has 14 heavy (non-hydrogen) atoms. The fraction of sp³-hybridized carbons (Fsp3) is 0.583. The monoisotopic (exact) mass is 192 g/mol. The summed E-state index contributed by atoms with van der Waals surface area (Å²) in [6.45, 7) is 5.18. The minimum atomic E-state index is 0.422.